The van der Waals surface area contributed by atoms with Gasteiger partial charge in [-0.1, -0.05) is 32.4 Å². The van der Waals surface area contributed by atoms with Crippen molar-refractivity contribution in [2.24, 2.45) is 11.3 Å². The van der Waals surface area contributed by atoms with Gasteiger partial charge in [-0.05, 0) is 29.5 Å². The molecule has 3 nitrogen and oxygen atoms in total. The van der Waals surface area contributed by atoms with E-state index >= 15 is 0 Å². The molecule has 2 amide bonds. The second-order valence-electron chi connectivity index (χ2n) is 6.20. The van der Waals surface area contributed by atoms with Crippen molar-refractivity contribution in [3.8, 4) is 0 Å². The Labute approximate surface area is 122 Å². The fourth-order valence-corrected chi connectivity index (χ4v) is 2.46. The van der Waals surface area contributed by atoms with Gasteiger partial charge in [-0.2, -0.15) is 0 Å². The number of likely N-dealkylation sites (tertiary alicyclic amines) is 1. The van der Waals surface area contributed by atoms with E-state index in [9.17, 15) is 14.0 Å². The SMILES string of the molecule is CC(C)(C)C1CC(=O)N(C(=O)c2cc(Cl)ccc2F)C1. The second-order valence-corrected chi connectivity index (χ2v) is 6.64. The molecule has 1 aliphatic heterocycles. The van der Waals surface area contributed by atoms with Crippen molar-refractivity contribution in [1.82, 2.24) is 4.90 Å². The van der Waals surface area contributed by atoms with Gasteiger partial charge in [0.2, 0.25) is 5.91 Å². The van der Waals surface area contributed by atoms with Gasteiger partial charge in [0.1, 0.15) is 5.82 Å². The Hall–Kier alpha value is -1.42. The van der Waals surface area contributed by atoms with Crippen LogP contribution in [0.3, 0.4) is 0 Å². The predicted molar refractivity (Wildman–Crippen MR) is 75.0 cm³/mol. The number of rotatable bonds is 1. The maximum absolute atomic E-state index is 13.7. The number of halogens is 2. The zero-order chi connectivity index (χ0) is 15.1. The molecule has 0 N–H and O–H groups in total. The smallest absolute Gasteiger partial charge is 0.263 e. The van der Waals surface area contributed by atoms with Crippen LogP contribution in [0.1, 0.15) is 37.6 Å². The van der Waals surface area contributed by atoms with E-state index in [1.165, 1.54) is 12.1 Å². The Kier molecular flexibility index (Phi) is 3.87. The van der Waals surface area contributed by atoms with E-state index in [0.717, 1.165) is 11.0 Å². The molecule has 1 saturated heterocycles. The summed E-state index contributed by atoms with van der Waals surface area (Å²) in [5, 5.41) is 0.272. The number of nitrogens with zero attached hydrogens (tertiary/aromatic N) is 1. The minimum atomic E-state index is -0.661. The van der Waals surface area contributed by atoms with E-state index in [4.69, 9.17) is 11.6 Å². The lowest BCUT2D eigenvalue weighted by molar-refractivity contribution is -0.125. The van der Waals surface area contributed by atoms with Crippen LogP contribution in [0, 0.1) is 17.2 Å². The number of carbonyl (C=O) groups excluding carboxylic acids is 2. The van der Waals surface area contributed by atoms with Crippen molar-refractivity contribution >= 4 is 23.4 Å². The van der Waals surface area contributed by atoms with Crippen LogP contribution in [0.25, 0.3) is 0 Å². The summed E-state index contributed by atoms with van der Waals surface area (Å²) >= 11 is 5.78. The summed E-state index contributed by atoms with van der Waals surface area (Å²) in [5.41, 5.74) is -0.224. The third-order valence-electron chi connectivity index (χ3n) is 3.75. The highest BCUT2D eigenvalue weighted by Crippen LogP contribution is 2.35. The first kappa shape index (κ1) is 15.0. The molecule has 1 aromatic carbocycles. The average molecular weight is 298 g/mol. The molecule has 0 aliphatic carbocycles. The number of imide groups is 1. The molecule has 1 unspecified atom stereocenters. The van der Waals surface area contributed by atoms with Crippen molar-refractivity contribution in [1.29, 1.82) is 0 Å². The zero-order valence-electron chi connectivity index (χ0n) is 11.7. The van der Waals surface area contributed by atoms with Crippen LogP contribution in [0.2, 0.25) is 5.02 Å². The van der Waals surface area contributed by atoms with Crippen molar-refractivity contribution in [2.75, 3.05) is 6.54 Å². The second kappa shape index (κ2) is 5.17. The highest BCUT2D eigenvalue weighted by Gasteiger charge is 2.40. The van der Waals surface area contributed by atoms with Crippen molar-refractivity contribution < 1.29 is 14.0 Å². The Morgan fingerprint density at radius 1 is 1.40 bits per heavy atom. The fourth-order valence-electron chi connectivity index (χ4n) is 2.29. The van der Waals surface area contributed by atoms with Gasteiger partial charge in [-0.3, -0.25) is 14.5 Å². The van der Waals surface area contributed by atoms with E-state index in [1.54, 1.807) is 0 Å². The molecule has 1 fully saturated rings. The number of hydrogen-bond donors (Lipinski definition) is 0. The molecule has 0 aromatic heterocycles. The number of hydrogen-bond acceptors (Lipinski definition) is 2. The Balaban J connectivity index is 2.26. The number of amides is 2. The minimum absolute atomic E-state index is 0.0719. The highest BCUT2D eigenvalue weighted by atomic mass is 35.5. The summed E-state index contributed by atoms with van der Waals surface area (Å²) < 4.78 is 13.7. The molecule has 0 saturated carbocycles. The lowest BCUT2D eigenvalue weighted by Crippen LogP contribution is -2.34. The molecule has 20 heavy (non-hydrogen) atoms. The Bertz CT molecular complexity index is 565. The minimum Gasteiger partial charge on any atom is -0.278 e. The molecular weight excluding hydrogens is 281 g/mol. The molecule has 0 spiro atoms. The van der Waals surface area contributed by atoms with E-state index in [0.29, 0.717) is 13.0 Å². The monoisotopic (exact) mass is 297 g/mol. The molecule has 2 rings (SSSR count). The van der Waals surface area contributed by atoms with E-state index in [-0.39, 0.29) is 27.8 Å². The van der Waals surface area contributed by atoms with Crippen LogP contribution in [-0.4, -0.2) is 23.3 Å². The number of carbonyl (C=O) groups is 2. The highest BCUT2D eigenvalue weighted by molar-refractivity contribution is 6.31. The van der Waals surface area contributed by atoms with Crippen LogP contribution in [0.5, 0.6) is 0 Å². The Morgan fingerprint density at radius 3 is 2.60 bits per heavy atom. The van der Waals surface area contributed by atoms with Crippen molar-refractivity contribution in [2.45, 2.75) is 27.2 Å². The van der Waals surface area contributed by atoms with Gasteiger partial charge in [0.05, 0.1) is 5.56 Å². The van der Waals surface area contributed by atoms with Gasteiger partial charge < -0.3 is 0 Å². The molecule has 1 aliphatic rings. The van der Waals surface area contributed by atoms with Crippen LogP contribution in [-0.2, 0) is 4.79 Å². The van der Waals surface area contributed by atoms with Crippen LogP contribution in [0.4, 0.5) is 4.39 Å². The first-order valence-corrected chi connectivity index (χ1v) is 6.87. The van der Waals surface area contributed by atoms with Crippen molar-refractivity contribution in [3.05, 3.63) is 34.6 Å². The lowest BCUT2D eigenvalue weighted by Gasteiger charge is -2.26. The third kappa shape index (κ3) is 2.85. The van der Waals surface area contributed by atoms with Gasteiger partial charge >= 0.3 is 0 Å². The van der Waals surface area contributed by atoms with Gasteiger partial charge in [-0.25, -0.2) is 4.39 Å². The summed E-state index contributed by atoms with van der Waals surface area (Å²) in [7, 11) is 0. The fraction of sp³-hybridized carbons (Fsp3) is 0.467. The summed E-state index contributed by atoms with van der Waals surface area (Å²) in [4.78, 5) is 25.4. The van der Waals surface area contributed by atoms with Crippen molar-refractivity contribution in [3.63, 3.8) is 0 Å². The van der Waals surface area contributed by atoms with E-state index in [1.807, 2.05) is 20.8 Å². The van der Waals surface area contributed by atoms with Gasteiger partial charge in [0, 0.05) is 18.0 Å². The summed E-state index contributed by atoms with van der Waals surface area (Å²) in [5.74, 6) is -1.44. The standard InChI is InChI=1S/C15H17ClFNO2/c1-15(2,3)9-6-13(19)18(8-9)14(20)11-7-10(16)4-5-12(11)17/h4-5,7,9H,6,8H2,1-3H3. The predicted octanol–water partition coefficient (Wildman–Crippen LogP) is 3.51. The van der Waals surface area contributed by atoms with Gasteiger partial charge in [0.15, 0.2) is 0 Å². The molecule has 108 valence electrons. The molecule has 5 heteroatoms. The van der Waals surface area contributed by atoms with Gasteiger partial charge in [-0.15, -0.1) is 0 Å². The maximum Gasteiger partial charge on any atom is 0.263 e. The third-order valence-corrected chi connectivity index (χ3v) is 3.99. The molecule has 0 bridgehead atoms. The average Bonchev–Trinajstić information content (AvgIpc) is 2.73. The maximum atomic E-state index is 13.7. The summed E-state index contributed by atoms with van der Waals surface area (Å²) in [6.07, 6.45) is 0.317. The summed E-state index contributed by atoms with van der Waals surface area (Å²) in [6, 6.07) is 3.77. The Morgan fingerprint density at radius 2 is 2.05 bits per heavy atom. The van der Waals surface area contributed by atoms with Crippen LogP contribution >= 0.6 is 11.6 Å². The quantitative estimate of drug-likeness (QED) is 0.744. The van der Waals surface area contributed by atoms with Gasteiger partial charge in [0.25, 0.3) is 5.91 Å². The van der Waals surface area contributed by atoms with Crippen LogP contribution in [0.15, 0.2) is 18.2 Å². The first-order chi connectivity index (χ1) is 9.20. The molecule has 1 aromatic rings. The zero-order valence-corrected chi connectivity index (χ0v) is 12.5. The van der Waals surface area contributed by atoms with E-state index < -0.39 is 11.7 Å². The summed E-state index contributed by atoms with van der Waals surface area (Å²) in [6.45, 7) is 6.41. The molecule has 1 heterocycles. The molecular formula is C15H17ClFNO2. The van der Waals surface area contributed by atoms with E-state index in [2.05, 4.69) is 0 Å². The topological polar surface area (TPSA) is 37.4 Å². The first-order valence-electron chi connectivity index (χ1n) is 6.50. The largest absolute Gasteiger partial charge is 0.278 e. The van der Waals surface area contributed by atoms with Crippen LogP contribution < -0.4 is 0 Å². The lowest BCUT2D eigenvalue weighted by atomic mass is 9.80. The normalized spacial score (nSPS) is 19.6. The number of benzene rings is 1. The molecule has 0 radical (unpaired) electrons. The molecule has 1 atom stereocenters.